The summed E-state index contributed by atoms with van der Waals surface area (Å²) in [5.41, 5.74) is 4.61. The van der Waals surface area contributed by atoms with Crippen molar-refractivity contribution in [2.24, 2.45) is 0 Å². The molecule has 6 nitrogen and oxygen atoms in total. The highest BCUT2D eigenvalue weighted by molar-refractivity contribution is 5.93. The maximum atomic E-state index is 11.2. The van der Waals surface area contributed by atoms with E-state index in [9.17, 15) is 9.59 Å². The fraction of sp³-hybridized carbons (Fsp3) is 0.429. The summed E-state index contributed by atoms with van der Waals surface area (Å²) in [5.74, 6) is -0.687. The molecule has 0 atom stereocenters. The summed E-state index contributed by atoms with van der Waals surface area (Å²) >= 11 is 0. The third-order valence-corrected chi connectivity index (χ3v) is 1.45. The number of H-pyrrole nitrogens is 2. The first-order valence-corrected chi connectivity index (χ1v) is 3.90. The average molecular weight is 185 g/mol. The second-order valence-electron chi connectivity index (χ2n) is 2.50. The molecule has 1 rings (SSSR count). The van der Waals surface area contributed by atoms with E-state index < -0.39 is 11.5 Å². The van der Waals surface area contributed by atoms with E-state index in [0.29, 0.717) is 6.42 Å². The van der Waals surface area contributed by atoms with Gasteiger partial charge >= 0.3 is 5.97 Å². The van der Waals surface area contributed by atoms with E-state index in [0.717, 1.165) is 0 Å². The monoisotopic (exact) mass is 185 g/mol. The Bertz CT molecular complexity index is 352. The van der Waals surface area contributed by atoms with Gasteiger partial charge in [0.05, 0.1) is 6.61 Å². The standard InChI is InChI=1S/C7H11N3O3/c1-2-3-13-7(12)4-5(8)9-10-6(4)11/h2-3H2,1H3,(H4,8,9,10,11). The summed E-state index contributed by atoms with van der Waals surface area (Å²) in [6.45, 7) is 2.14. The lowest BCUT2D eigenvalue weighted by molar-refractivity contribution is 0.0505. The molecule has 1 aromatic heterocycles. The molecule has 0 aliphatic rings. The Morgan fingerprint density at radius 3 is 2.69 bits per heavy atom. The molecular formula is C7H11N3O3. The van der Waals surface area contributed by atoms with Crippen molar-refractivity contribution in [3.8, 4) is 0 Å². The number of rotatable bonds is 3. The highest BCUT2D eigenvalue weighted by atomic mass is 16.5. The third kappa shape index (κ3) is 1.90. The van der Waals surface area contributed by atoms with Crippen LogP contribution in [-0.4, -0.2) is 22.8 Å². The van der Waals surface area contributed by atoms with Gasteiger partial charge in [-0.1, -0.05) is 6.92 Å². The number of ether oxygens (including phenoxy) is 1. The van der Waals surface area contributed by atoms with Crippen molar-refractivity contribution >= 4 is 11.8 Å². The summed E-state index contributed by atoms with van der Waals surface area (Å²) < 4.78 is 4.74. The number of hydrogen-bond acceptors (Lipinski definition) is 4. The predicted molar refractivity (Wildman–Crippen MR) is 46.4 cm³/mol. The van der Waals surface area contributed by atoms with Crippen molar-refractivity contribution < 1.29 is 9.53 Å². The van der Waals surface area contributed by atoms with Crippen LogP contribution >= 0.6 is 0 Å². The average Bonchev–Trinajstić information content (AvgIpc) is 2.42. The Morgan fingerprint density at radius 1 is 1.54 bits per heavy atom. The Balaban J connectivity index is 2.82. The summed E-state index contributed by atoms with van der Waals surface area (Å²) in [7, 11) is 0. The first kappa shape index (κ1) is 9.37. The quantitative estimate of drug-likeness (QED) is 0.570. The smallest absolute Gasteiger partial charge is 0.347 e. The molecule has 0 aliphatic heterocycles. The van der Waals surface area contributed by atoms with Gasteiger partial charge in [-0.15, -0.1) is 0 Å². The van der Waals surface area contributed by atoms with E-state index in [2.05, 4.69) is 10.2 Å². The van der Waals surface area contributed by atoms with Gasteiger partial charge in [-0.25, -0.2) is 4.79 Å². The Labute approximate surface area is 74.1 Å². The number of nitrogens with one attached hydrogen (secondary N) is 2. The highest BCUT2D eigenvalue weighted by Crippen LogP contribution is 2.02. The molecule has 0 spiro atoms. The molecule has 4 N–H and O–H groups in total. The van der Waals surface area contributed by atoms with E-state index in [1.165, 1.54) is 0 Å². The second-order valence-corrected chi connectivity index (χ2v) is 2.50. The van der Waals surface area contributed by atoms with Crippen LogP contribution in [0.3, 0.4) is 0 Å². The van der Waals surface area contributed by atoms with E-state index in [1.54, 1.807) is 0 Å². The van der Waals surface area contributed by atoms with Crippen LogP contribution in [0.5, 0.6) is 0 Å². The summed E-state index contributed by atoms with van der Waals surface area (Å²) in [6, 6.07) is 0. The van der Waals surface area contributed by atoms with Gasteiger partial charge < -0.3 is 10.5 Å². The number of aromatic amines is 2. The highest BCUT2D eigenvalue weighted by Gasteiger charge is 2.17. The first-order valence-electron chi connectivity index (χ1n) is 3.90. The van der Waals surface area contributed by atoms with Crippen molar-refractivity contribution in [1.82, 2.24) is 10.2 Å². The van der Waals surface area contributed by atoms with Gasteiger partial charge in [0.15, 0.2) is 5.56 Å². The molecule has 1 heterocycles. The normalized spacial score (nSPS) is 9.92. The van der Waals surface area contributed by atoms with E-state index in [-0.39, 0.29) is 18.0 Å². The zero-order chi connectivity index (χ0) is 9.84. The second kappa shape index (κ2) is 3.79. The van der Waals surface area contributed by atoms with E-state index in [1.807, 2.05) is 6.92 Å². The molecule has 0 bridgehead atoms. The number of esters is 1. The van der Waals surface area contributed by atoms with Crippen LogP contribution in [0.1, 0.15) is 23.7 Å². The lowest BCUT2D eigenvalue weighted by atomic mass is 10.3. The number of anilines is 1. The molecule has 6 heteroatoms. The topological polar surface area (TPSA) is 101 Å². The fourth-order valence-corrected chi connectivity index (χ4v) is 0.841. The first-order chi connectivity index (χ1) is 6.16. The molecule has 0 saturated carbocycles. The largest absolute Gasteiger partial charge is 0.462 e. The molecule has 0 radical (unpaired) electrons. The van der Waals surface area contributed by atoms with E-state index in [4.69, 9.17) is 10.5 Å². The van der Waals surface area contributed by atoms with Crippen LogP contribution in [0, 0.1) is 0 Å². The lowest BCUT2D eigenvalue weighted by Crippen LogP contribution is -2.16. The number of carbonyl (C=O) groups excluding carboxylic acids is 1. The minimum Gasteiger partial charge on any atom is -0.462 e. The number of hydrogen-bond donors (Lipinski definition) is 3. The minimum absolute atomic E-state index is 0.00565. The Hall–Kier alpha value is -1.72. The van der Waals surface area contributed by atoms with Crippen LogP contribution < -0.4 is 11.3 Å². The van der Waals surface area contributed by atoms with Crippen LogP contribution in [0.25, 0.3) is 0 Å². The van der Waals surface area contributed by atoms with Gasteiger partial charge in [-0.05, 0) is 6.42 Å². The van der Waals surface area contributed by atoms with Crippen molar-refractivity contribution in [2.75, 3.05) is 12.3 Å². The summed E-state index contributed by atoms with van der Waals surface area (Å²) in [6.07, 6.45) is 0.702. The summed E-state index contributed by atoms with van der Waals surface area (Å²) in [5, 5.41) is 4.52. The predicted octanol–water partition coefficient (Wildman–Crippen LogP) is -0.148. The third-order valence-electron chi connectivity index (χ3n) is 1.45. The van der Waals surface area contributed by atoms with Gasteiger partial charge in [0.25, 0.3) is 5.56 Å². The summed E-state index contributed by atoms with van der Waals surface area (Å²) in [4.78, 5) is 22.1. The van der Waals surface area contributed by atoms with Crippen LogP contribution in [-0.2, 0) is 4.74 Å². The van der Waals surface area contributed by atoms with Crippen molar-refractivity contribution in [1.29, 1.82) is 0 Å². The zero-order valence-electron chi connectivity index (χ0n) is 7.22. The van der Waals surface area contributed by atoms with Crippen LogP contribution in [0.4, 0.5) is 5.82 Å². The molecule has 0 amide bonds. The number of carbonyl (C=O) groups is 1. The molecular weight excluding hydrogens is 174 g/mol. The number of aromatic nitrogens is 2. The molecule has 72 valence electrons. The zero-order valence-corrected chi connectivity index (χ0v) is 7.22. The molecule has 0 fully saturated rings. The number of nitrogens with two attached hydrogens (primary N) is 1. The Morgan fingerprint density at radius 2 is 2.23 bits per heavy atom. The van der Waals surface area contributed by atoms with E-state index >= 15 is 0 Å². The van der Waals surface area contributed by atoms with Gasteiger partial charge in [-0.3, -0.25) is 15.0 Å². The van der Waals surface area contributed by atoms with Crippen molar-refractivity contribution in [3.63, 3.8) is 0 Å². The maximum absolute atomic E-state index is 11.2. The fourth-order valence-electron chi connectivity index (χ4n) is 0.841. The molecule has 13 heavy (non-hydrogen) atoms. The van der Waals surface area contributed by atoms with Gasteiger partial charge in [0, 0.05) is 0 Å². The van der Waals surface area contributed by atoms with Gasteiger partial charge in [-0.2, -0.15) is 0 Å². The minimum atomic E-state index is -0.693. The molecule has 0 saturated heterocycles. The van der Waals surface area contributed by atoms with Gasteiger partial charge in [0.2, 0.25) is 0 Å². The van der Waals surface area contributed by atoms with Gasteiger partial charge in [0.1, 0.15) is 5.82 Å². The Kier molecular flexibility index (Phi) is 2.73. The SMILES string of the molecule is CCCOC(=O)c1c(N)[nH][nH]c1=O. The van der Waals surface area contributed by atoms with Crippen LogP contribution in [0.2, 0.25) is 0 Å². The molecule has 0 aliphatic carbocycles. The van der Waals surface area contributed by atoms with Crippen molar-refractivity contribution in [2.45, 2.75) is 13.3 Å². The van der Waals surface area contributed by atoms with Crippen molar-refractivity contribution in [3.05, 3.63) is 15.9 Å². The van der Waals surface area contributed by atoms with Crippen LogP contribution in [0.15, 0.2) is 4.79 Å². The molecule has 0 unspecified atom stereocenters. The number of nitrogen functional groups attached to an aromatic ring is 1. The molecule has 1 aromatic rings. The lowest BCUT2D eigenvalue weighted by Gasteiger charge is -1.99. The maximum Gasteiger partial charge on any atom is 0.347 e. The molecule has 0 aromatic carbocycles.